The highest BCUT2D eigenvalue weighted by Gasteiger charge is 2.06. The van der Waals surface area contributed by atoms with E-state index in [0.717, 1.165) is 5.56 Å². The number of carbonyl (C=O) groups excluding carboxylic acids is 1. The van der Waals surface area contributed by atoms with Crippen molar-refractivity contribution in [2.45, 2.75) is 6.92 Å². The van der Waals surface area contributed by atoms with Gasteiger partial charge in [-0.15, -0.1) is 11.3 Å². The number of nitrogens with one attached hydrogen (secondary N) is 1. The van der Waals surface area contributed by atoms with E-state index in [2.05, 4.69) is 17.5 Å². The van der Waals surface area contributed by atoms with E-state index in [1.807, 2.05) is 18.4 Å². The Bertz CT molecular complexity index is 333. The first-order valence-corrected chi connectivity index (χ1v) is 5.00. The van der Waals surface area contributed by atoms with E-state index in [0.29, 0.717) is 9.87 Å². The molecule has 1 heterocycles. The molecule has 0 bridgehead atoms. The third-order valence-electron chi connectivity index (χ3n) is 1.38. The standard InChI is InChI=1S/C8H10N2OS2/c1-5-2-6(13-4-5)8(11)10-3-7(9)12/h2,4H,3H2,1H3,(H2,9,12)(H,10,11). The molecule has 5 heteroatoms. The zero-order chi connectivity index (χ0) is 9.84. The van der Waals surface area contributed by atoms with Gasteiger partial charge in [0.25, 0.3) is 5.91 Å². The van der Waals surface area contributed by atoms with Gasteiger partial charge >= 0.3 is 0 Å². The Morgan fingerprint density at radius 3 is 2.92 bits per heavy atom. The van der Waals surface area contributed by atoms with Crippen LogP contribution >= 0.6 is 23.6 Å². The van der Waals surface area contributed by atoms with Gasteiger partial charge in [-0.3, -0.25) is 4.79 Å². The van der Waals surface area contributed by atoms with Crippen molar-refractivity contribution in [1.29, 1.82) is 0 Å². The van der Waals surface area contributed by atoms with Crippen LogP contribution in [0.5, 0.6) is 0 Å². The Kier molecular flexibility index (Phi) is 3.39. The predicted molar refractivity (Wildman–Crippen MR) is 58.2 cm³/mol. The molecule has 0 unspecified atom stereocenters. The van der Waals surface area contributed by atoms with Gasteiger partial charge in [0.05, 0.1) is 16.4 Å². The van der Waals surface area contributed by atoms with Gasteiger partial charge in [-0.2, -0.15) is 0 Å². The molecule has 0 aliphatic rings. The van der Waals surface area contributed by atoms with E-state index < -0.39 is 0 Å². The number of rotatable bonds is 3. The van der Waals surface area contributed by atoms with Gasteiger partial charge in [0.2, 0.25) is 0 Å². The third kappa shape index (κ3) is 3.12. The van der Waals surface area contributed by atoms with Crippen LogP contribution < -0.4 is 11.1 Å². The number of nitrogens with two attached hydrogens (primary N) is 1. The number of thiophene rings is 1. The fraction of sp³-hybridized carbons (Fsp3) is 0.250. The number of carbonyl (C=O) groups is 1. The molecule has 0 saturated carbocycles. The van der Waals surface area contributed by atoms with Crippen LogP contribution in [-0.2, 0) is 0 Å². The Balaban J connectivity index is 2.54. The van der Waals surface area contributed by atoms with Crippen molar-refractivity contribution in [3.05, 3.63) is 21.9 Å². The molecular weight excluding hydrogens is 204 g/mol. The van der Waals surface area contributed by atoms with Crippen molar-refractivity contribution >= 4 is 34.5 Å². The van der Waals surface area contributed by atoms with Gasteiger partial charge in [-0.05, 0) is 23.9 Å². The molecular formula is C8H10N2OS2. The van der Waals surface area contributed by atoms with Gasteiger partial charge in [-0.1, -0.05) is 12.2 Å². The monoisotopic (exact) mass is 214 g/mol. The van der Waals surface area contributed by atoms with E-state index >= 15 is 0 Å². The molecule has 0 atom stereocenters. The maximum atomic E-state index is 11.3. The Morgan fingerprint density at radius 1 is 1.77 bits per heavy atom. The summed E-state index contributed by atoms with van der Waals surface area (Å²) in [5.74, 6) is -0.120. The molecule has 3 nitrogen and oxygen atoms in total. The summed E-state index contributed by atoms with van der Waals surface area (Å²) >= 11 is 6.05. The second kappa shape index (κ2) is 4.34. The fourth-order valence-corrected chi connectivity index (χ4v) is 1.69. The number of hydrogen-bond donors (Lipinski definition) is 2. The van der Waals surface area contributed by atoms with E-state index in [4.69, 9.17) is 5.73 Å². The fourth-order valence-electron chi connectivity index (χ4n) is 0.805. The highest BCUT2D eigenvalue weighted by molar-refractivity contribution is 7.80. The van der Waals surface area contributed by atoms with Crippen LogP contribution in [0.15, 0.2) is 11.4 Å². The zero-order valence-electron chi connectivity index (χ0n) is 7.16. The SMILES string of the molecule is Cc1csc(C(=O)NCC(N)=S)c1. The van der Waals surface area contributed by atoms with E-state index in [-0.39, 0.29) is 12.5 Å². The minimum Gasteiger partial charge on any atom is -0.392 e. The van der Waals surface area contributed by atoms with Gasteiger partial charge in [-0.25, -0.2) is 0 Å². The van der Waals surface area contributed by atoms with Crippen molar-refractivity contribution in [3.8, 4) is 0 Å². The van der Waals surface area contributed by atoms with Crippen LogP contribution in [0, 0.1) is 6.92 Å². The van der Waals surface area contributed by atoms with E-state index in [1.165, 1.54) is 11.3 Å². The molecule has 1 rings (SSSR count). The van der Waals surface area contributed by atoms with Crippen molar-refractivity contribution < 1.29 is 4.79 Å². The molecule has 13 heavy (non-hydrogen) atoms. The normalized spacial score (nSPS) is 9.62. The molecule has 1 amide bonds. The van der Waals surface area contributed by atoms with Gasteiger partial charge in [0, 0.05) is 0 Å². The summed E-state index contributed by atoms with van der Waals surface area (Å²) in [5, 5.41) is 4.54. The first-order valence-electron chi connectivity index (χ1n) is 3.71. The molecule has 1 aromatic rings. The van der Waals surface area contributed by atoms with Gasteiger partial charge < -0.3 is 11.1 Å². The summed E-state index contributed by atoms with van der Waals surface area (Å²) < 4.78 is 0. The largest absolute Gasteiger partial charge is 0.392 e. The minimum absolute atomic E-state index is 0.120. The Labute approximate surface area is 85.9 Å². The summed E-state index contributed by atoms with van der Waals surface area (Å²) in [5.41, 5.74) is 6.33. The van der Waals surface area contributed by atoms with Crippen molar-refractivity contribution in [1.82, 2.24) is 5.32 Å². The van der Waals surface area contributed by atoms with Crippen molar-refractivity contribution in [2.24, 2.45) is 5.73 Å². The smallest absolute Gasteiger partial charge is 0.261 e. The Hall–Kier alpha value is -0.940. The summed E-state index contributed by atoms with van der Waals surface area (Å²) in [7, 11) is 0. The highest BCUT2D eigenvalue weighted by Crippen LogP contribution is 2.12. The van der Waals surface area contributed by atoms with Crippen LogP contribution in [-0.4, -0.2) is 17.4 Å². The quantitative estimate of drug-likeness (QED) is 0.740. The summed E-state index contributed by atoms with van der Waals surface area (Å²) in [6.45, 7) is 2.20. The van der Waals surface area contributed by atoms with Crippen molar-refractivity contribution in [3.63, 3.8) is 0 Å². The number of aryl methyl sites for hydroxylation is 1. The Morgan fingerprint density at radius 2 is 2.46 bits per heavy atom. The molecule has 0 aliphatic heterocycles. The lowest BCUT2D eigenvalue weighted by Crippen LogP contribution is -2.31. The molecule has 0 spiro atoms. The summed E-state index contributed by atoms with van der Waals surface area (Å²) in [6, 6.07) is 1.83. The number of amides is 1. The van der Waals surface area contributed by atoms with Crippen LogP contribution in [0.4, 0.5) is 0 Å². The van der Waals surface area contributed by atoms with Crippen LogP contribution in [0.25, 0.3) is 0 Å². The molecule has 0 radical (unpaired) electrons. The maximum Gasteiger partial charge on any atom is 0.261 e. The molecule has 0 fully saturated rings. The number of hydrogen-bond acceptors (Lipinski definition) is 3. The minimum atomic E-state index is -0.120. The lowest BCUT2D eigenvalue weighted by Gasteiger charge is -2.00. The van der Waals surface area contributed by atoms with Gasteiger partial charge in [0.1, 0.15) is 0 Å². The summed E-state index contributed by atoms with van der Waals surface area (Å²) in [4.78, 5) is 12.3. The lowest BCUT2D eigenvalue weighted by atomic mass is 10.3. The zero-order valence-corrected chi connectivity index (χ0v) is 8.80. The average molecular weight is 214 g/mol. The topological polar surface area (TPSA) is 55.1 Å². The second-order valence-electron chi connectivity index (χ2n) is 2.64. The first kappa shape index (κ1) is 10.1. The van der Waals surface area contributed by atoms with Crippen LogP contribution in [0.1, 0.15) is 15.2 Å². The second-order valence-corrected chi connectivity index (χ2v) is 4.07. The maximum absolute atomic E-state index is 11.3. The molecule has 0 saturated heterocycles. The first-order chi connectivity index (χ1) is 6.09. The number of thiocarbonyl (C=S) groups is 1. The van der Waals surface area contributed by atoms with E-state index in [9.17, 15) is 4.79 Å². The molecule has 0 aliphatic carbocycles. The lowest BCUT2D eigenvalue weighted by molar-refractivity contribution is 0.0963. The average Bonchev–Trinajstić information content (AvgIpc) is 2.47. The predicted octanol–water partition coefficient (Wildman–Crippen LogP) is 1.07. The molecule has 1 aromatic heterocycles. The molecule has 0 aromatic carbocycles. The van der Waals surface area contributed by atoms with E-state index in [1.54, 1.807) is 0 Å². The third-order valence-corrected chi connectivity index (χ3v) is 2.57. The molecule has 70 valence electrons. The van der Waals surface area contributed by atoms with Crippen molar-refractivity contribution in [2.75, 3.05) is 6.54 Å². The highest BCUT2D eigenvalue weighted by atomic mass is 32.1. The van der Waals surface area contributed by atoms with Crippen LogP contribution in [0.2, 0.25) is 0 Å². The van der Waals surface area contributed by atoms with Crippen LogP contribution in [0.3, 0.4) is 0 Å². The summed E-state index contributed by atoms with van der Waals surface area (Å²) in [6.07, 6.45) is 0. The van der Waals surface area contributed by atoms with Gasteiger partial charge in [0.15, 0.2) is 0 Å². The molecule has 3 N–H and O–H groups in total.